The molecule has 2 aromatic heterocycles. The SMILES string of the molecule is CC.CC(=O)N(C)CCSc1ccc(N2CCCC2)c(-c2cc3ccccc3[nH]2)c1.CN(C[C@H]1CC1(F)F)c1ccc(S(=O)N2CCC2)cc1-c1[nH]c2ccccc2c1F. The molecule has 8 nitrogen and oxygen atoms in total. The second-order valence-corrected chi connectivity index (χ2v) is 18.2. The van der Waals surface area contributed by atoms with Crippen molar-refractivity contribution in [3.63, 3.8) is 0 Å². The third-order valence-electron chi connectivity index (χ3n) is 11.5. The Morgan fingerprint density at radius 1 is 0.867 bits per heavy atom. The maximum atomic E-state index is 15.3. The highest BCUT2D eigenvalue weighted by molar-refractivity contribution is 7.99. The summed E-state index contributed by atoms with van der Waals surface area (Å²) in [6.07, 6.45) is 3.41. The number of rotatable bonds is 12. The van der Waals surface area contributed by atoms with Crippen LogP contribution in [-0.4, -0.2) is 94.3 Å². The smallest absolute Gasteiger partial charge is 0.253 e. The average Bonchev–Trinajstić information content (AvgIpc) is 3.73. The lowest BCUT2D eigenvalue weighted by molar-refractivity contribution is -0.127. The molecule has 1 amide bonds. The Labute approximate surface area is 358 Å². The molecule has 1 aliphatic carbocycles. The van der Waals surface area contributed by atoms with E-state index in [1.165, 1.54) is 45.6 Å². The fraction of sp³-hybridized carbons (Fsp3) is 0.383. The number of thioether (sulfide) groups is 1. The van der Waals surface area contributed by atoms with Crippen LogP contribution in [0.3, 0.4) is 0 Å². The number of alkyl halides is 2. The van der Waals surface area contributed by atoms with Gasteiger partial charge in [-0.2, -0.15) is 0 Å². The van der Waals surface area contributed by atoms with Gasteiger partial charge in [-0.1, -0.05) is 44.2 Å². The van der Waals surface area contributed by atoms with Gasteiger partial charge in [-0.15, -0.1) is 11.8 Å². The summed E-state index contributed by atoms with van der Waals surface area (Å²) in [5.41, 5.74) is 7.02. The van der Waals surface area contributed by atoms with Crippen LogP contribution < -0.4 is 9.80 Å². The third-order valence-corrected chi connectivity index (χ3v) is 13.9. The lowest BCUT2D eigenvalue weighted by atomic mass is 10.1. The van der Waals surface area contributed by atoms with E-state index < -0.39 is 28.6 Å². The predicted molar refractivity (Wildman–Crippen MR) is 243 cm³/mol. The quantitative estimate of drug-likeness (QED) is 0.120. The van der Waals surface area contributed by atoms with E-state index in [-0.39, 0.29) is 24.6 Å². The van der Waals surface area contributed by atoms with Crippen LogP contribution in [0, 0.1) is 11.7 Å². The molecule has 1 saturated carbocycles. The fourth-order valence-corrected chi connectivity index (χ4v) is 9.94. The molecule has 0 bridgehead atoms. The zero-order chi connectivity index (χ0) is 42.6. The first kappa shape index (κ1) is 43.4. The number of amides is 1. The van der Waals surface area contributed by atoms with Gasteiger partial charge in [0, 0.05) is 133 Å². The molecule has 2 atom stereocenters. The van der Waals surface area contributed by atoms with Crippen LogP contribution in [0.4, 0.5) is 24.5 Å². The van der Waals surface area contributed by atoms with E-state index in [0.717, 1.165) is 44.9 Å². The number of nitrogens with zero attached hydrogens (tertiary/aromatic N) is 4. The van der Waals surface area contributed by atoms with Gasteiger partial charge >= 0.3 is 0 Å². The van der Waals surface area contributed by atoms with Crippen molar-refractivity contribution in [3.05, 3.63) is 96.8 Å². The highest BCUT2D eigenvalue weighted by Crippen LogP contribution is 2.49. The number of benzene rings is 4. The number of aromatic amines is 2. The van der Waals surface area contributed by atoms with Gasteiger partial charge < -0.3 is 24.7 Å². The van der Waals surface area contributed by atoms with E-state index >= 15 is 4.39 Å². The summed E-state index contributed by atoms with van der Waals surface area (Å²) in [6, 6.07) is 29.8. The second kappa shape index (κ2) is 18.9. The Bertz CT molecular complexity index is 2430. The van der Waals surface area contributed by atoms with Gasteiger partial charge in [0.15, 0.2) is 5.82 Å². The van der Waals surface area contributed by atoms with Gasteiger partial charge in [-0.05, 0) is 79.9 Å². The Kier molecular flexibility index (Phi) is 13.7. The normalized spacial score (nSPS) is 17.3. The molecular formula is C47H55F3N6O2S2. The van der Waals surface area contributed by atoms with Crippen molar-refractivity contribution in [3.8, 4) is 22.5 Å². The standard InChI is InChI=1S/C23H27N3OS.C22H22F3N3OS.C2H6/c1-17(27)25(2)13-14-28-19-9-10-23(26-11-5-6-12-26)20(16-19)22-15-18-7-3-4-8-21(18)24-22;1-27(13-14-12-22(14,24)25)19-8-7-15(30(29)28-9-4-10-28)11-17(19)21-20(23)16-5-2-3-6-18(16)26-21;1-2/h3-4,7-10,15-16,24H,5-6,11-14H2,1-2H3;2-3,5-8,11,14,26H,4,9-10,12-13H2,1H3;1-2H3/t;14-,30?;/m.1./s1. The molecule has 13 heteroatoms. The van der Waals surface area contributed by atoms with Gasteiger partial charge in [0.05, 0.1) is 10.6 Å². The van der Waals surface area contributed by atoms with Crippen molar-refractivity contribution >= 4 is 61.8 Å². The lowest BCUT2D eigenvalue weighted by Crippen LogP contribution is -2.38. The number of anilines is 2. The Morgan fingerprint density at radius 3 is 2.22 bits per heavy atom. The number of halogens is 3. The highest BCUT2D eigenvalue weighted by atomic mass is 32.2. The summed E-state index contributed by atoms with van der Waals surface area (Å²) in [6.45, 7) is 10.3. The van der Waals surface area contributed by atoms with Crippen LogP contribution in [0.2, 0.25) is 0 Å². The molecule has 3 aliphatic rings. The number of fused-ring (bicyclic) bond motifs is 2. The molecule has 318 valence electrons. The third kappa shape index (κ3) is 9.58. The van der Waals surface area contributed by atoms with Crippen molar-refractivity contribution in [2.24, 2.45) is 5.92 Å². The van der Waals surface area contributed by atoms with Gasteiger partial charge in [-0.25, -0.2) is 21.7 Å². The van der Waals surface area contributed by atoms with Crippen LogP contribution in [0.15, 0.2) is 101 Å². The summed E-state index contributed by atoms with van der Waals surface area (Å²) in [4.78, 5) is 26.0. The van der Waals surface area contributed by atoms with E-state index in [4.69, 9.17) is 0 Å². The van der Waals surface area contributed by atoms with Crippen LogP contribution >= 0.6 is 11.8 Å². The lowest BCUT2D eigenvalue weighted by Gasteiger charge is -2.29. The number of para-hydroxylation sites is 2. The molecular weight excluding hydrogens is 802 g/mol. The number of hydrogen-bond donors (Lipinski definition) is 2. The molecule has 2 saturated heterocycles. The zero-order valence-corrected chi connectivity index (χ0v) is 36.7. The molecule has 9 rings (SSSR count). The van der Waals surface area contributed by atoms with Crippen molar-refractivity contribution in [2.45, 2.75) is 62.2 Å². The maximum absolute atomic E-state index is 15.3. The molecule has 0 spiro atoms. The predicted octanol–water partition coefficient (Wildman–Crippen LogP) is 10.8. The number of H-pyrrole nitrogens is 2. The average molecular weight is 857 g/mol. The Morgan fingerprint density at radius 2 is 1.57 bits per heavy atom. The number of carbonyl (C=O) groups excluding carboxylic acids is 1. The minimum absolute atomic E-state index is 0.115. The van der Waals surface area contributed by atoms with Gasteiger partial charge in [0.2, 0.25) is 5.91 Å². The highest BCUT2D eigenvalue weighted by Gasteiger charge is 2.57. The minimum atomic E-state index is -2.63. The first-order valence-corrected chi connectivity index (χ1v) is 23.0. The monoisotopic (exact) mass is 856 g/mol. The number of nitrogens with one attached hydrogen (secondary N) is 2. The number of carbonyl (C=O) groups is 1. The maximum Gasteiger partial charge on any atom is 0.253 e. The van der Waals surface area contributed by atoms with Crippen molar-refractivity contribution in [1.82, 2.24) is 19.2 Å². The largest absolute Gasteiger partial charge is 0.374 e. The summed E-state index contributed by atoms with van der Waals surface area (Å²) in [7, 11) is 2.27. The fourth-order valence-electron chi connectivity index (χ4n) is 7.68. The van der Waals surface area contributed by atoms with Crippen LogP contribution in [0.25, 0.3) is 44.3 Å². The first-order valence-electron chi connectivity index (χ1n) is 20.9. The molecule has 4 aromatic carbocycles. The molecule has 0 radical (unpaired) electrons. The molecule has 2 N–H and O–H groups in total. The van der Waals surface area contributed by atoms with Gasteiger partial charge in [-0.3, -0.25) is 4.79 Å². The second-order valence-electron chi connectivity index (χ2n) is 15.5. The zero-order valence-electron chi connectivity index (χ0n) is 35.1. The van der Waals surface area contributed by atoms with E-state index in [1.54, 1.807) is 71.9 Å². The minimum Gasteiger partial charge on any atom is -0.374 e. The van der Waals surface area contributed by atoms with Gasteiger partial charge in [0.25, 0.3) is 5.92 Å². The Hall–Kier alpha value is -4.72. The number of hydrogen-bond acceptors (Lipinski definition) is 5. The molecule has 6 aromatic rings. The molecule has 4 heterocycles. The van der Waals surface area contributed by atoms with Crippen LogP contribution in [0.5, 0.6) is 0 Å². The number of aromatic nitrogens is 2. The van der Waals surface area contributed by atoms with E-state index in [1.807, 2.05) is 31.3 Å². The molecule has 60 heavy (non-hydrogen) atoms. The van der Waals surface area contributed by atoms with E-state index in [2.05, 4.69) is 63.4 Å². The molecule has 2 aliphatic heterocycles. The van der Waals surface area contributed by atoms with Gasteiger partial charge in [0.1, 0.15) is 11.0 Å². The van der Waals surface area contributed by atoms with Crippen molar-refractivity contribution in [1.29, 1.82) is 0 Å². The Balaban J connectivity index is 0.000000175. The summed E-state index contributed by atoms with van der Waals surface area (Å²) < 4.78 is 56.9. The first-order chi connectivity index (χ1) is 29.0. The molecule has 1 unspecified atom stereocenters. The van der Waals surface area contributed by atoms with Crippen molar-refractivity contribution < 1.29 is 22.2 Å². The topological polar surface area (TPSA) is 78.7 Å². The van der Waals surface area contributed by atoms with Crippen LogP contribution in [-0.2, 0) is 15.8 Å². The summed E-state index contributed by atoms with van der Waals surface area (Å²) in [5.74, 6) is -2.71. The van der Waals surface area contributed by atoms with E-state index in [9.17, 15) is 17.8 Å². The summed E-state index contributed by atoms with van der Waals surface area (Å²) in [5, 5.41) is 1.70. The van der Waals surface area contributed by atoms with Crippen molar-refractivity contribution in [2.75, 3.05) is 68.9 Å². The van der Waals surface area contributed by atoms with Crippen LogP contribution in [0.1, 0.15) is 46.5 Å². The molecule has 3 fully saturated rings. The van der Waals surface area contributed by atoms with E-state index in [0.29, 0.717) is 27.0 Å². The summed E-state index contributed by atoms with van der Waals surface area (Å²) >= 11 is 1.81.